The molecule has 3 saturated carbocycles. The summed E-state index contributed by atoms with van der Waals surface area (Å²) in [4.78, 5) is 17.7. The van der Waals surface area contributed by atoms with Crippen LogP contribution in [0.1, 0.15) is 125 Å². The number of nitrogens with one attached hydrogen (secondary N) is 2. The van der Waals surface area contributed by atoms with Crippen molar-refractivity contribution in [1.82, 2.24) is 10.0 Å². The van der Waals surface area contributed by atoms with Crippen LogP contribution in [-0.4, -0.2) is 63.4 Å². The maximum Gasteiger partial charge on any atom is 0.481 e. The van der Waals surface area contributed by atoms with Crippen LogP contribution in [0.3, 0.4) is 0 Å². The fourth-order valence-corrected chi connectivity index (χ4v) is 8.91. The molecule has 3 aliphatic carbocycles. The second-order valence-corrected chi connectivity index (χ2v) is 16.4. The van der Waals surface area contributed by atoms with Crippen molar-refractivity contribution in [3.63, 3.8) is 0 Å². The van der Waals surface area contributed by atoms with Gasteiger partial charge in [-0.05, 0) is 68.6 Å². The van der Waals surface area contributed by atoms with Gasteiger partial charge in [0, 0.05) is 6.54 Å². The number of nitrogens with zero attached hydrogens (tertiary/aromatic N) is 1. The van der Waals surface area contributed by atoms with Gasteiger partial charge in [-0.25, -0.2) is 13.1 Å². The van der Waals surface area contributed by atoms with Gasteiger partial charge < -0.3 is 26.1 Å². The van der Waals surface area contributed by atoms with E-state index in [-0.39, 0.29) is 47.1 Å². The molecule has 10 nitrogen and oxygen atoms in total. The second-order valence-electron chi connectivity index (χ2n) is 14.5. The zero-order chi connectivity index (χ0) is 31.8. The van der Waals surface area contributed by atoms with Crippen LogP contribution in [-0.2, 0) is 24.1 Å². The Balaban J connectivity index is 1.63. The van der Waals surface area contributed by atoms with E-state index in [1.165, 1.54) is 25.7 Å². The number of hydrogen-bond donors (Lipinski definition) is 4. The lowest BCUT2D eigenvalue weighted by Gasteiger charge is -2.64. The highest BCUT2D eigenvalue weighted by atomic mass is 32.2. The van der Waals surface area contributed by atoms with Gasteiger partial charge in [-0.2, -0.15) is 0 Å². The third-order valence-electron chi connectivity index (χ3n) is 10.2. The Bertz CT molecular complexity index is 1040. The van der Waals surface area contributed by atoms with Crippen LogP contribution in [0.2, 0.25) is 0 Å². The molecule has 1 heterocycles. The molecule has 43 heavy (non-hydrogen) atoms. The standard InChI is InChI=1S/C31H60BN5O5S/c1-7-8-9-10-11-12-13-14-18-43(39,40)37-24(16-15-17-35-29(33)34)28(38)36-27(19-22(2)3)32-41-26-21-23-20-25(30(23,4)5)31(26,6)42-32/h22-27,37H,7-21H2,1-6H3,(H,36,38)(H4,33,34,35)/t23-,24-,25-,26+,27-,31-/m0/s1. The van der Waals surface area contributed by atoms with E-state index in [4.69, 9.17) is 20.8 Å². The summed E-state index contributed by atoms with van der Waals surface area (Å²) >= 11 is 0. The van der Waals surface area contributed by atoms with Gasteiger partial charge in [0.15, 0.2) is 5.96 Å². The molecule has 4 rings (SSSR count). The van der Waals surface area contributed by atoms with Crippen LogP contribution >= 0.6 is 0 Å². The Morgan fingerprint density at radius 3 is 2.28 bits per heavy atom. The highest BCUT2D eigenvalue weighted by Crippen LogP contribution is 2.65. The third kappa shape index (κ3) is 9.81. The maximum absolute atomic E-state index is 13.7. The number of aliphatic imine (C=N–C) groups is 1. The van der Waals surface area contributed by atoms with Crippen molar-refractivity contribution in [2.45, 2.75) is 149 Å². The number of unbranched alkanes of at least 4 members (excludes halogenated alkanes) is 7. The van der Waals surface area contributed by atoms with Crippen molar-refractivity contribution < 1.29 is 22.5 Å². The van der Waals surface area contributed by atoms with Gasteiger partial charge in [0.2, 0.25) is 15.9 Å². The number of carbonyl (C=O) groups is 1. The molecule has 6 N–H and O–H groups in total. The van der Waals surface area contributed by atoms with Crippen molar-refractivity contribution in [3.05, 3.63) is 0 Å². The average molecular weight is 626 g/mol. The number of amides is 1. The van der Waals surface area contributed by atoms with Gasteiger partial charge in [-0.15, -0.1) is 0 Å². The molecular formula is C31H60BN5O5S. The predicted molar refractivity (Wildman–Crippen MR) is 175 cm³/mol. The van der Waals surface area contributed by atoms with Gasteiger partial charge in [-0.1, -0.05) is 79.6 Å². The van der Waals surface area contributed by atoms with E-state index in [0.29, 0.717) is 37.6 Å². The molecule has 0 radical (unpaired) electrons. The summed E-state index contributed by atoms with van der Waals surface area (Å²) in [6.07, 6.45) is 12.0. The van der Waals surface area contributed by atoms with E-state index < -0.39 is 29.1 Å². The minimum atomic E-state index is -3.66. The zero-order valence-corrected chi connectivity index (χ0v) is 28.5. The number of rotatable bonds is 20. The summed E-state index contributed by atoms with van der Waals surface area (Å²) in [6.45, 7) is 13.5. The quantitative estimate of drug-likeness (QED) is 0.0681. The predicted octanol–water partition coefficient (Wildman–Crippen LogP) is 4.27. The molecule has 1 aliphatic heterocycles. The van der Waals surface area contributed by atoms with Crippen molar-refractivity contribution in [2.24, 2.45) is 39.6 Å². The number of sulfonamides is 1. The minimum Gasteiger partial charge on any atom is -0.404 e. The van der Waals surface area contributed by atoms with Crippen molar-refractivity contribution in [3.8, 4) is 0 Å². The van der Waals surface area contributed by atoms with Crippen molar-refractivity contribution >= 4 is 29.0 Å². The summed E-state index contributed by atoms with van der Waals surface area (Å²) in [6, 6.07) is -0.936. The fraction of sp³-hybridized carbons (Fsp3) is 0.935. The first-order valence-corrected chi connectivity index (χ1v) is 18.5. The van der Waals surface area contributed by atoms with Gasteiger partial charge in [0.25, 0.3) is 0 Å². The molecular weight excluding hydrogens is 565 g/mol. The van der Waals surface area contributed by atoms with Gasteiger partial charge in [0.1, 0.15) is 6.04 Å². The van der Waals surface area contributed by atoms with Crippen LogP contribution in [0.25, 0.3) is 0 Å². The number of guanidine groups is 1. The monoisotopic (exact) mass is 625 g/mol. The van der Waals surface area contributed by atoms with E-state index in [1.54, 1.807) is 0 Å². The SMILES string of the molecule is CCCCCCCCCCS(=O)(=O)N[C@@H](CCCN=C(N)N)C(=O)N[C@@H](CC(C)C)B1O[C@@H]2C[C@@H]3C[C@@H](C3(C)C)[C@]2(C)O1. The highest BCUT2D eigenvalue weighted by molar-refractivity contribution is 7.89. The summed E-state index contributed by atoms with van der Waals surface area (Å²) in [5.41, 5.74) is 10.8. The Kier molecular flexibility index (Phi) is 13.2. The lowest BCUT2D eigenvalue weighted by molar-refractivity contribution is -0.199. The van der Waals surface area contributed by atoms with E-state index in [1.807, 2.05) is 0 Å². The molecule has 0 aromatic heterocycles. The van der Waals surface area contributed by atoms with Crippen molar-refractivity contribution in [1.29, 1.82) is 0 Å². The Morgan fingerprint density at radius 2 is 1.67 bits per heavy atom. The largest absolute Gasteiger partial charge is 0.481 e. The molecule has 4 aliphatic rings. The van der Waals surface area contributed by atoms with Gasteiger partial charge in [0.05, 0.1) is 23.4 Å². The Morgan fingerprint density at radius 1 is 1.02 bits per heavy atom. The van der Waals surface area contributed by atoms with E-state index >= 15 is 0 Å². The molecule has 6 atom stereocenters. The molecule has 0 unspecified atom stereocenters. The molecule has 4 fully saturated rings. The average Bonchev–Trinajstić information content (AvgIpc) is 3.28. The van der Waals surface area contributed by atoms with E-state index in [2.05, 4.69) is 56.6 Å². The van der Waals surface area contributed by atoms with Crippen LogP contribution in [0.15, 0.2) is 4.99 Å². The zero-order valence-electron chi connectivity index (χ0n) is 27.7. The van der Waals surface area contributed by atoms with Crippen LogP contribution in [0.4, 0.5) is 0 Å². The van der Waals surface area contributed by atoms with Gasteiger partial charge in [-0.3, -0.25) is 9.79 Å². The van der Waals surface area contributed by atoms with E-state index in [9.17, 15) is 13.2 Å². The van der Waals surface area contributed by atoms with Crippen molar-refractivity contribution in [2.75, 3.05) is 12.3 Å². The maximum atomic E-state index is 13.7. The summed E-state index contributed by atoms with van der Waals surface area (Å²) in [5, 5.41) is 3.14. The van der Waals surface area contributed by atoms with Gasteiger partial charge >= 0.3 is 7.12 Å². The molecule has 2 bridgehead atoms. The Hall–Kier alpha value is -1.37. The van der Waals surface area contributed by atoms with E-state index in [0.717, 1.165) is 32.1 Å². The Labute approximate surface area is 261 Å². The van der Waals surface area contributed by atoms with Crippen LogP contribution in [0, 0.1) is 23.2 Å². The lowest BCUT2D eigenvalue weighted by atomic mass is 9.43. The summed E-state index contributed by atoms with van der Waals surface area (Å²) < 4.78 is 42.1. The van der Waals surface area contributed by atoms with Crippen LogP contribution < -0.4 is 21.5 Å². The molecule has 248 valence electrons. The second kappa shape index (κ2) is 15.8. The number of carbonyl (C=O) groups excluding carboxylic acids is 1. The lowest BCUT2D eigenvalue weighted by Crippen LogP contribution is -2.65. The first kappa shape index (κ1) is 36.1. The first-order valence-electron chi connectivity index (χ1n) is 16.9. The third-order valence-corrected chi connectivity index (χ3v) is 11.7. The summed E-state index contributed by atoms with van der Waals surface area (Å²) in [5.74, 6) is 0.524. The number of hydrogen-bond acceptors (Lipinski definition) is 6. The smallest absolute Gasteiger partial charge is 0.404 e. The molecule has 0 spiro atoms. The minimum absolute atomic E-state index is 0.00127. The molecule has 1 amide bonds. The topological polar surface area (TPSA) is 158 Å². The molecule has 0 aromatic rings. The molecule has 1 saturated heterocycles. The highest BCUT2D eigenvalue weighted by Gasteiger charge is 2.68. The summed E-state index contributed by atoms with van der Waals surface area (Å²) in [7, 11) is -4.23. The van der Waals surface area contributed by atoms with Crippen LogP contribution in [0.5, 0.6) is 0 Å². The first-order chi connectivity index (χ1) is 20.2. The number of nitrogens with two attached hydrogens (primary N) is 2. The molecule has 12 heteroatoms. The fourth-order valence-electron chi connectivity index (χ4n) is 7.55. The molecule has 0 aromatic carbocycles. The normalized spacial score (nSPS) is 27.3.